The summed E-state index contributed by atoms with van der Waals surface area (Å²) in [5.74, 6) is 6.74. The van der Waals surface area contributed by atoms with Crippen LogP contribution in [-0.4, -0.2) is 21.4 Å². The summed E-state index contributed by atoms with van der Waals surface area (Å²) in [6, 6.07) is 0. The van der Waals surface area contributed by atoms with E-state index in [1.807, 2.05) is 20.8 Å². The maximum Gasteiger partial charge on any atom is 0.122 e. The zero-order valence-electron chi connectivity index (χ0n) is 12.9. The van der Waals surface area contributed by atoms with E-state index in [0.717, 1.165) is 12.8 Å². The summed E-state index contributed by atoms with van der Waals surface area (Å²) in [6.07, 6.45) is 2.88. The van der Waals surface area contributed by atoms with Crippen LogP contribution in [0.1, 0.15) is 67.2 Å². The SMILES string of the molecule is CC(C)C#CC(C)(O)CCC(C)(O)CCC(C)C. The Labute approximate surface area is 113 Å². The number of hydrogen-bond donors (Lipinski definition) is 2. The Kier molecular flexibility index (Phi) is 6.96. The molecule has 0 amide bonds. The van der Waals surface area contributed by atoms with Crippen LogP contribution in [0.5, 0.6) is 0 Å². The van der Waals surface area contributed by atoms with Gasteiger partial charge < -0.3 is 10.2 Å². The van der Waals surface area contributed by atoms with Crippen LogP contribution < -0.4 is 0 Å². The molecule has 2 N–H and O–H groups in total. The second-order valence-corrected chi connectivity index (χ2v) is 6.63. The van der Waals surface area contributed by atoms with Crippen LogP contribution in [0, 0.1) is 23.7 Å². The third-order valence-corrected chi connectivity index (χ3v) is 3.04. The summed E-state index contributed by atoms with van der Waals surface area (Å²) in [7, 11) is 0. The van der Waals surface area contributed by atoms with Gasteiger partial charge >= 0.3 is 0 Å². The molecule has 0 radical (unpaired) electrons. The van der Waals surface area contributed by atoms with Gasteiger partial charge in [-0.05, 0) is 45.4 Å². The fourth-order valence-electron chi connectivity index (χ4n) is 1.60. The Hall–Kier alpha value is -0.520. The molecule has 0 aliphatic carbocycles. The van der Waals surface area contributed by atoms with Crippen molar-refractivity contribution in [2.45, 2.75) is 78.4 Å². The van der Waals surface area contributed by atoms with Crippen LogP contribution >= 0.6 is 0 Å². The van der Waals surface area contributed by atoms with Crippen molar-refractivity contribution in [2.75, 3.05) is 0 Å². The molecule has 2 atom stereocenters. The van der Waals surface area contributed by atoms with Gasteiger partial charge in [-0.15, -0.1) is 0 Å². The monoisotopic (exact) mass is 254 g/mol. The number of rotatable bonds is 6. The van der Waals surface area contributed by atoms with Crippen LogP contribution in [0.3, 0.4) is 0 Å². The minimum Gasteiger partial charge on any atom is -0.390 e. The van der Waals surface area contributed by atoms with Crippen molar-refractivity contribution in [3.05, 3.63) is 0 Å². The molecule has 0 rings (SSSR count). The molecule has 0 saturated heterocycles. The average Bonchev–Trinajstić information content (AvgIpc) is 2.22. The van der Waals surface area contributed by atoms with Crippen LogP contribution in [0.15, 0.2) is 0 Å². The molecule has 0 saturated carbocycles. The van der Waals surface area contributed by atoms with Gasteiger partial charge in [-0.1, -0.05) is 39.5 Å². The Morgan fingerprint density at radius 2 is 1.50 bits per heavy atom. The van der Waals surface area contributed by atoms with E-state index in [4.69, 9.17) is 0 Å². The fraction of sp³-hybridized carbons (Fsp3) is 0.875. The third-order valence-electron chi connectivity index (χ3n) is 3.04. The lowest BCUT2D eigenvalue weighted by molar-refractivity contribution is 0.0103. The first-order valence-corrected chi connectivity index (χ1v) is 7.01. The summed E-state index contributed by atoms with van der Waals surface area (Å²) in [5.41, 5.74) is -1.69. The highest BCUT2D eigenvalue weighted by molar-refractivity contribution is 5.13. The Morgan fingerprint density at radius 3 is 1.94 bits per heavy atom. The van der Waals surface area contributed by atoms with Crippen molar-refractivity contribution in [3.63, 3.8) is 0 Å². The summed E-state index contributed by atoms with van der Waals surface area (Å²) >= 11 is 0. The lowest BCUT2D eigenvalue weighted by atomic mass is 9.87. The van der Waals surface area contributed by atoms with Crippen molar-refractivity contribution in [3.8, 4) is 11.8 Å². The van der Waals surface area contributed by atoms with Crippen molar-refractivity contribution in [2.24, 2.45) is 11.8 Å². The highest BCUT2D eigenvalue weighted by Crippen LogP contribution is 2.25. The molecule has 0 aromatic carbocycles. The standard InChI is InChI=1S/C16H30O2/c1-13(2)7-9-15(5,17)11-12-16(6,18)10-8-14(3)4/h13-14,17-18H,7,9,11-12H2,1-6H3. The Balaban J connectivity index is 4.26. The fourth-order valence-corrected chi connectivity index (χ4v) is 1.60. The molecular weight excluding hydrogens is 224 g/mol. The molecule has 18 heavy (non-hydrogen) atoms. The summed E-state index contributed by atoms with van der Waals surface area (Å²) in [6.45, 7) is 11.9. The van der Waals surface area contributed by atoms with Crippen molar-refractivity contribution in [1.82, 2.24) is 0 Å². The molecule has 0 bridgehead atoms. The van der Waals surface area contributed by atoms with E-state index >= 15 is 0 Å². The molecule has 0 fully saturated rings. The normalized spacial score (nSPS) is 18.1. The van der Waals surface area contributed by atoms with Gasteiger partial charge in [0, 0.05) is 5.92 Å². The summed E-state index contributed by atoms with van der Waals surface area (Å²) in [5, 5.41) is 20.4. The van der Waals surface area contributed by atoms with E-state index in [2.05, 4.69) is 25.7 Å². The lowest BCUT2D eigenvalue weighted by Gasteiger charge is -2.27. The van der Waals surface area contributed by atoms with E-state index in [1.165, 1.54) is 0 Å². The molecule has 0 heterocycles. The molecule has 0 aromatic rings. The molecule has 0 aliphatic heterocycles. The van der Waals surface area contributed by atoms with E-state index in [0.29, 0.717) is 18.8 Å². The zero-order valence-corrected chi connectivity index (χ0v) is 12.9. The minimum atomic E-state index is -0.994. The quantitative estimate of drug-likeness (QED) is 0.714. The van der Waals surface area contributed by atoms with Gasteiger partial charge in [0.05, 0.1) is 5.60 Å². The maximum absolute atomic E-state index is 10.2. The highest BCUT2D eigenvalue weighted by Gasteiger charge is 2.26. The smallest absolute Gasteiger partial charge is 0.122 e. The highest BCUT2D eigenvalue weighted by atomic mass is 16.3. The van der Waals surface area contributed by atoms with Crippen LogP contribution in [-0.2, 0) is 0 Å². The molecule has 0 spiro atoms. The number of aliphatic hydroxyl groups is 2. The van der Waals surface area contributed by atoms with E-state index in [1.54, 1.807) is 6.92 Å². The Morgan fingerprint density at radius 1 is 0.944 bits per heavy atom. The van der Waals surface area contributed by atoms with Crippen molar-refractivity contribution in [1.29, 1.82) is 0 Å². The molecular formula is C16H30O2. The lowest BCUT2D eigenvalue weighted by Crippen LogP contribution is -2.30. The van der Waals surface area contributed by atoms with E-state index < -0.39 is 11.2 Å². The molecule has 2 nitrogen and oxygen atoms in total. The van der Waals surface area contributed by atoms with Gasteiger partial charge in [0.15, 0.2) is 0 Å². The average molecular weight is 254 g/mol. The summed E-state index contributed by atoms with van der Waals surface area (Å²) < 4.78 is 0. The predicted molar refractivity (Wildman–Crippen MR) is 77.2 cm³/mol. The molecule has 106 valence electrons. The second kappa shape index (κ2) is 7.16. The first-order chi connectivity index (χ1) is 8.04. The summed E-state index contributed by atoms with van der Waals surface area (Å²) in [4.78, 5) is 0. The van der Waals surface area contributed by atoms with Crippen LogP contribution in [0.25, 0.3) is 0 Å². The van der Waals surface area contributed by atoms with Gasteiger partial charge in [-0.3, -0.25) is 0 Å². The molecule has 0 aromatic heterocycles. The van der Waals surface area contributed by atoms with E-state index in [9.17, 15) is 10.2 Å². The van der Waals surface area contributed by atoms with E-state index in [-0.39, 0.29) is 5.92 Å². The van der Waals surface area contributed by atoms with Gasteiger partial charge in [-0.2, -0.15) is 0 Å². The third kappa shape index (κ3) is 9.50. The molecule has 2 unspecified atom stereocenters. The van der Waals surface area contributed by atoms with Gasteiger partial charge in [-0.25, -0.2) is 0 Å². The first kappa shape index (κ1) is 17.5. The minimum absolute atomic E-state index is 0.262. The Bertz CT molecular complexity index is 290. The zero-order chi connectivity index (χ0) is 14.4. The topological polar surface area (TPSA) is 40.5 Å². The predicted octanol–water partition coefficient (Wildman–Crippen LogP) is 3.36. The largest absolute Gasteiger partial charge is 0.390 e. The first-order valence-electron chi connectivity index (χ1n) is 7.01. The molecule has 0 aliphatic rings. The number of hydrogen-bond acceptors (Lipinski definition) is 2. The van der Waals surface area contributed by atoms with Crippen molar-refractivity contribution >= 4 is 0 Å². The van der Waals surface area contributed by atoms with Gasteiger partial charge in [0.2, 0.25) is 0 Å². The van der Waals surface area contributed by atoms with Gasteiger partial charge in [0.1, 0.15) is 5.60 Å². The molecule has 2 heteroatoms. The maximum atomic E-state index is 10.2. The van der Waals surface area contributed by atoms with Crippen LogP contribution in [0.2, 0.25) is 0 Å². The van der Waals surface area contributed by atoms with Crippen LogP contribution in [0.4, 0.5) is 0 Å². The van der Waals surface area contributed by atoms with Gasteiger partial charge in [0.25, 0.3) is 0 Å². The second-order valence-electron chi connectivity index (χ2n) is 6.63. The van der Waals surface area contributed by atoms with Crippen molar-refractivity contribution < 1.29 is 10.2 Å².